The van der Waals surface area contributed by atoms with Crippen LogP contribution in [0.15, 0.2) is 57.5 Å². The molecule has 0 saturated carbocycles. The van der Waals surface area contributed by atoms with Crippen molar-refractivity contribution in [2.24, 2.45) is 0 Å². The third kappa shape index (κ3) is 5.47. The van der Waals surface area contributed by atoms with Crippen molar-refractivity contribution in [2.45, 2.75) is 31.2 Å². The van der Waals surface area contributed by atoms with Crippen LogP contribution in [0.25, 0.3) is 11.3 Å². The molecule has 0 aliphatic heterocycles. The Morgan fingerprint density at radius 1 is 1.21 bits per heavy atom. The van der Waals surface area contributed by atoms with Crippen molar-refractivity contribution in [3.05, 3.63) is 58.1 Å². The zero-order valence-corrected chi connectivity index (χ0v) is 19.2. The van der Waals surface area contributed by atoms with Gasteiger partial charge in [-0.05, 0) is 67.0 Å². The first kappa shape index (κ1) is 21.6. The Labute approximate surface area is 181 Å². The molecule has 2 N–H and O–H groups in total. The highest BCUT2D eigenvalue weighted by molar-refractivity contribution is 9.10. The molecule has 0 unspecified atom stereocenters. The average Bonchev–Trinajstić information content (AvgIpc) is 3.09. The molecule has 0 atom stereocenters. The molecule has 29 heavy (non-hydrogen) atoms. The monoisotopic (exact) mass is 494 g/mol. The summed E-state index contributed by atoms with van der Waals surface area (Å²) in [4.78, 5) is 21.2. The van der Waals surface area contributed by atoms with Gasteiger partial charge in [0.05, 0.1) is 16.2 Å². The van der Waals surface area contributed by atoms with Gasteiger partial charge in [0.1, 0.15) is 0 Å². The van der Waals surface area contributed by atoms with Crippen LogP contribution in [0.5, 0.6) is 0 Å². The standard InChI is InChI=1S/C19H19BrN4O3S2/c1-19(2,3)24-29(26,27)13-6-7-15(20)14(9-13)17(25)23-18-22-16(11-28-18)12-5-4-8-21-10-12/h4-11,24H,1-3H3,(H,22,23,25). The lowest BCUT2D eigenvalue weighted by Crippen LogP contribution is -2.40. The molecule has 152 valence electrons. The third-order valence-electron chi connectivity index (χ3n) is 3.62. The number of hydrogen-bond donors (Lipinski definition) is 2. The molecule has 0 spiro atoms. The van der Waals surface area contributed by atoms with E-state index in [1.165, 1.54) is 29.5 Å². The van der Waals surface area contributed by atoms with Gasteiger partial charge in [0.15, 0.2) is 5.13 Å². The van der Waals surface area contributed by atoms with Gasteiger partial charge in [-0.1, -0.05) is 0 Å². The molecule has 0 radical (unpaired) electrons. The molecule has 2 aromatic heterocycles. The molecule has 10 heteroatoms. The van der Waals surface area contributed by atoms with E-state index in [1.54, 1.807) is 33.2 Å². The van der Waals surface area contributed by atoms with Crippen LogP contribution >= 0.6 is 27.3 Å². The number of nitrogens with one attached hydrogen (secondary N) is 2. The van der Waals surface area contributed by atoms with Crippen LogP contribution in [-0.2, 0) is 10.0 Å². The first-order valence-electron chi connectivity index (χ1n) is 8.56. The number of sulfonamides is 1. The zero-order chi connectivity index (χ0) is 21.2. The third-order valence-corrected chi connectivity index (χ3v) is 6.82. The van der Waals surface area contributed by atoms with Crippen LogP contribution in [0.1, 0.15) is 31.1 Å². The number of rotatable bonds is 5. The molecule has 0 aliphatic rings. The number of carbonyl (C=O) groups is 1. The Balaban J connectivity index is 1.84. The Morgan fingerprint density at radius 3 is 2.62 bits per heavy atom. The van der Waals surface area contributed by atoms with Crippen molar-refractivity contribution in [1.29, 1.82) is 0 Å². The van der Waals surface area contributed by atoms with E-state index < -0.39 is 21.5 Å². The number of thiazole rings is 1. The van der Waals surface area contributed by atoms with Crippen LogP contribution in [0.3, 0.4) is 0 Å². The molecule has 1 aromatic carbocycles. The lowest BCUT2D eigenvalue weighted by molar-refractivity contribution is 0.102. The first-order valence-corrected chi connectivity index (χ1v) is 11.7. The van der Waals surface area contributed by atoms with E-state index in [2.05, 4.69) is 35.9 Å². The minimum absolute atomic E-state index is 0.0102. The predicted molar refractivity (Wildman–Crippen MR) is 118 cm³/mol. The van der Waals surface area contributed by atoms with Crippen molar-refractivity contribution in [3.8, 4) is 11.3 Å². The Kier molecular flexibility index (Phi) is 6.18. The fourth-order valence-electron chi connectivity index (χ4n) is 2.45. The number of aromatic nitrogens is 2. The van der Waals surface area contributed by atoms with E-state index in [0.29, 0.717) is 15.3 Å². The van der Waals surface area contributed by atoms with Crippen LogP contribution in [-0.4, -0.2) is 29.8 Å². The lowest BCUT2D eigenvalue weighted by atomic mass is 10.1. The van der Waals surface area contributed by atoms with Crippen LogP contribution in [0.4, 0.5) is 5.13 Å². The summed E-state index contributed by atoms with van der Waals surface area (Å²) in [5, 5.41) is 4.94. The molecule has 3 rings (SSSR count). The molecule has 0 bridgehead atoms. The number of carbonyl (C=O) groups excluding carboxylic acids is 1. The molecular formula is C19H19BrN4O3S2. The van der Waals surface area contributed by atoms with Gasteiger partial charge in [-0.3, -0.25) is 15.1 Å². The number of hydrogen-bond acceptors (Lipinski definition) is 6. The number of benzene rings is 1. The first-order chi connectivity index (χ1) is 13.5. The van der Waals surface area contributed by atoms with Gasteiger partial charge in [0.2, 0.25) is 10.0 Å². The normalized spacial score (nSPS) is 12.0. The molecule has 3 aromatic rings. The summed E-state index contributed by atoms with van der Waals surface area (Å²) in [6.45, 7) is 5.25. The smallest absolute Gasteiger partial charge is 0.258 e. The zero-order valence-electron chi connectivity index (χ0n) is 15.9. The van der Waals surface area contributed by atoms with E-state index in [1.807, 2.05) is 17.5 Å². The molecule has 2 heterocycles. The number of pyridine rings is 1. The molecule has 0 saturated heterocycles. The number of halogens is 1. The van der Waals surface area contributed by atoms with Crippen molar-refractivity contribution < 1.29 is 13.2 Å². The lowest BCUT2D eigenvalue weighted by Gasteiger charge is -2.20. The SMILES string of the molecule is CC(C)(C)NS(=O)(=O)c1ccc(Br)c(C(=O)Nc2nc(-c3cccnc3)cs2)c1. The summed E-state index contributed by atoms with van der Waals surface area (Å²) >= 11 is 4.59. The second kappa shape index (κ2) is 8.31. The van der Waals surface area contributed by atoms with Gasteiger partial charge in [-0.25, -0.2) is 18.1 Å². The fraction of sp³-hybridized carbons (Fsp3) is 0.211. The van der Waals surface area contributed by atoms with E-state index in [-0.39, 0.29) is 10.5 Å². The number of anilines is 1. The second-order valence-corrected chi connectivity index (χ2v) is 10.6. The van der Waals surface area contributed by atoms with E-state index >= 15 is 0 Å². The fourth-order valence-corrected chi connectivity index (χ4v) is 5.04. The van der Waals surface area contributed by atoms with Gasteiger partial charge in [0, 0.05) is 33.3 Å². The molecular weight excluding hydrogens is 476 g/mol. The van der Waals surface area contributed by atoms with Crippen molar-refractivity contribution >= 4 is 48.3 Å². The average molecular weight is 495 g/mol. The molecule has 1 amide bonds. The highest BCUT2D eigenvalue weighted by Crippen LogP contribution is 2.26. The maximum absolute atomic E-state index is 12.7. The summed E-state index contributed by atoms with van der Waals surface area (Å²) in [7, 11) is -3.77. The van der Waals surface area contributed by atoms with Crippen molar-refractivity contribution in [1.82, 2.24) is 14.7 Å². The van der Waals surface area contributed by atoms with Crippen LogP contribution < -0.4 is 10.0 Å². The predicted octanol–water partition coefficient (Wildman–Crippen LogP) is 4.30. The largest absolute Gasteiger partial charge is 0.298 e. The molecule has 0 fully saturated rings. The maximum atomic E-state index is 12.7. The second-order valence-electron chi connectivity index (χ2n) is 7.23. The van der Waals surface area contributed by atoms with E-state index in [4.69, 9.17) is 0 Å². The van der Waals surface area contributed by atoms with Crippen LogP contribution in [0, 0.1) is 0 Å². The summed E-state index contributed by atoms with van der Waals surface area (Å²) in [5.41, 5.74) is 1.09. The number of nitrogens with zero attached hydrogens (tertiary/aromatic N) is 2. The summed E-state index contributed by atoms with van der Waals surface area (Å²) in [6, 6.07) is 8.00. The van der Waals surface area contributed by atoms with Gasteiger partial charge >= 0.3 is 0 Å². The minimum atomic E-state index is -3.77. The maximum Gasteiger partial charge on any atom is 0.258 e. The minimum Gasteiger partial charge on any atom is -0.298 e. The highest BCUT2D eigenvalue weighted by Gasteiger charge is 2.24. The summed E-state index contributed by atoms with van der Waals surface area (Å²) in [6.07, 6.45) is 3.36. The molecule has 7 nitrogen and oxygen atoms in total. The van der Waals surface area contributed by atoms with Gasteiger partial charge in [-0.2, -0.15) is 0 Å². The Morgan fingerprint density at radius 2 is 1.97 bits per heavy atom. The van der Waals surface area contributed by atoms with Gasteiger partial charge < -0.3 is 0 Å². The number of amides is 1. The van der Waals surface area contributed by atoms with E-state index in [0.717, 1.165) is 5.56 Å². The Hall–Kier alpha value is -2.14. The van der Waals surface area contributed by atoms with Crippen molar-refractivity contribution in [2.75, 3.05) is 5.32 Å². The summed E-state index contributed by atoms with van der Waals surface area (Å²) < 4.78 is 28.2. The van der Waals surface area contributed by atoms with Gasteiger partial charge in [-0.15, -0.1) is 11.3 Å². The van der Waals surface area contributed by atoms with Gasteiger partial charge in [0.25, 0.3) is 5.91 Å². The van der Waals surface area contributed by atoms with Crippen LogP contribution in [0.2, 0.25) is 0 Å². The molecule has 0 aliphatic carbocycles. The van der Waals surface area contributed by atoms with Crippen molar-refractivity contribution in [3.63, 3.8) is 0 Å². The highest BCUT2D eigenvalue weighted by atomic mass is 79.9. The topological polar surface area (TPSA) is 101 Å². The summed E-state index contributed by atoms with van der Waals surface area (Å²) in [5.74, 6) is -0.461. The Bertz CT molecular complexity index is 1140. The quantitative estimate of drug-likeness (QED) is 0.550. The van der Waals surface area contributed by atoms with E-state index in [9.17, 15) is 13.2 Å².